The van der Waals surface area contributed by atoms with E-state index < -0.39 is 0 Å². The number of hydrogen-bond donors (Lipinski definition) is 2. The molecular weight excluding hydrogens is 254 g/mol. The highest BCUT2D eigenvalue weighted by molar-refractivity contribution is 6.32. The van der Waals surface area contributed by atoms with Crippen LogP contribution >= 0.6 is 11.6 Å². The van der Waals surface area contributed by atoms with Crippen LogP contribution in [0, 0.1) is 0 Å². The molecular formula is C11H18ClN5O. The Morgan fingerprint density at radius 2 is 2.22 bits per heavy atom. The fourth-order valence-electron chi connectivity index (χ4n) is 1.99. The van der Waals surface area contributed by atoms with E-state index in [1.807, 2.05) is 11.9 Å². The molecule has 0 aliphatic carbocycles. The van der Waals surface area contributed by atoms with Crippen LogP contribution < -0.4 is 15.8 Å². The van der Waals surface area contributed by atoms with Crippen LogP contribution in [0.4, 0.5) is 5.69 Å². The summed E-state index contributed by atoms with van der Waals surface area (Å²) in [5.41, 5.74) is 0.332. The average molecular weight is 272 g/mol. The highest BCUT2D eigenvalue weighted by Gasteiger charge is 2.13. The average Bonchev–Trinajstić information content (AvgIpc) is 2.40. The summed E-state index contributed by atoms with van der Waals surface area (Å²) >= 11 is 5.96. The molecule has 0 aromatic carbocycles. The summed E-state index contributed by atoms with van der Waals surface area (Å²) < 4.78 is 0. The van der Waals surface area contributed by atoms with Crippen molar-refractivity contribution in [3.05, 3.63) is 21.6 Å². The highest BCUT2D eigenvalue weighted by atomic mass is 35.5. The lowest BCUT2D eigenvalue weighted by molar-refractivity contribution is 0.246. The van der Waals surface area contributed by atoms with Crippen molar-refractivity contribution in [2.24, 2.45) is 0 Å². The molecule has 0 spiro atoms. The van der Waals surface area contributed by atoms with Crippen LogP contribution in [0.15, 0.2) is 11.0 Å². The molecule has 100 valence electrons. The lowest BCUT2D eigenvalue weighted by Gasteiger charge is -2.29. The number of piperazine rings is 1. The summed E-state index contributed by atoms with van der Waals surface area (Å²) in [6, 6.07) is 0. The second-order valence-electron chi connectivity index (χ2n) is 4.41. The molecule has 18 heavy (non-hydrogen) atoms. The van der Waals surface area contributed by atoms with Gasteiger partial charge in [-0.3, -0.25) is 9.69 Å². The van der Waals surface area contributed by atoms with Crippen molar-refractivity contribution < 1.29 is 0 Å². The first-order valence-electron chi connectivity index (χ1n) is 6.06. The van der Waals surface area contributed by atoms with Crippen LogP contribution in [0.5, 0.6) is 0 Å². The Labute approximate surface area is 111 Å². The van der Waals surface area contributed by atoms with Crippen molar-refractivity contribution in [1.82, 2.24) is 20.4 Å². The van der Waals surface area contributed by atoms with Crippen LogP contribution in [0.2, 0.25) is 5.02 Å². The van der Waals surface area contributed by atoms with Gasteiger partial charge in [-0.15, -0.1) is 0 Å². The number of anilines is 1. The van der Waals surface area contributed by atoms with Gasteiger partial charge in [-0.1, -0.05) is 11.6 Å². The van der Waals surface area contributed by atoms with E-state index in [0.717, 1.165) is 39.3 Å². The molecule has 1 aromatic heterocycles. The van der Waals surface area contributed by atoms with Gasteiger partial charge in [0, 0.05) is 46.3 Å². The summed E-state index contributed by atoms with van der Waals surface area (Å²) in [6.07, 6.45) is 1.58. The molecule has 0 amide bonds. The third-order valence-electron chi connectivity index (χ3n) is 3.15. The number of halogens is 1. The fraction of sp³-hybridized carbons (Fsp3) is 0.636. The number of H-pyrrole nitrogens is 1. The molecule has 2 heterocycles. The Kier molecular flexibility index (Phi) is 4.57. The van der Waals surface area contributed by atoms with Gasteiger partial charge in [0.2, 0.25) is 0 Å². The zero-order valence-corrected chi connectivity index (χ0v) is 11.2. The predicted molar refractivity (Wildman–Crippen MR) is 72.4 cm³/mol. The summed E-state index contributed by atoms with van der Waals surface area (Å²) in [5, 5.41) is 9.61. The molecule has 0 bridgehead atoms. The number of nitrogens with zero attached hydrogens (tertiary/aromatic N) is 3. The van der Waals surface area contributed by atoms with Crippen LogP contribution in [0.1, 0.15) is 0 Å². The molecule has 0 radical (unpaired) electrons. The Morgan fingerprint density at radius 1 is 1.50 bits per heavy atom. The molecule has 1 fully saturated rings. The number of hydrogen-bond acceptors (Lipinski definition) is 5. The zero-order chi connectivity index (χ0) is 13.0. The van der Waals surface area contributed by atoms with Crippen LogP contribution in [0.3, 0.4) is 0 Å². The number of nitrogens with one attached hydrogen (secondary N) is 2. The Balaban J connectivity index is 1.92. The lowest BCUT2D eigenvalue weighted by Crippen LogP contribution is -2.46. The summed E-state index contributed by atoms with van der Waals surface area (Å²) in [5.74, 6) is 0. The lowest BCUT2D eigenvalue weighted by atomic mass is 10.3. The quantitative estimate of drug-likeness (QED) is 0.792. The molecule has 2 rings (SSSR count). The minimum absolute atomic E-state index is 0.202. The number of aromatic nitrogens is 2. The molecule has 0 unspecified atom stereocenters. The standard InChI is InChI=1S/C11H18ClN5O/c1-16(6-7-17-4-2-13-3-5-17)9-8-14-15-11(18)10(9)12/h8,13H,2-7H2,1H3,(H,15,18). The molecule has 1 aromatic rings. The summed E-state index contributed by atoms with van der Waals surface area (Å²) in [6.45, 7) is 5.99. The first-order valence-corrected chi connectivity index (χ1v) is 6.43. The van der Waals surface area contributed by atoms with Crippen molar-refractivity contribution >= 4 is 17.3 Å². The van der Waals surface area contributed by atoms with Crippen LogP contribution in [0.25, 0.3) is 0 Å². The molecule has 1 aliphatic rings. The van der Waals surface area contributed by atoms with Gasteiger partial charge in [0.1, 0.15) is 5.02 Å². The minimum Gasteiger partial charge on any atom is -0.371 e. The van der Waals surface area contributed by atoms with Crippen molar-refractivity contribution in [3.8, 4) is 0 Å². The van der Waals surface area contributed by atoms with E-state index in [9.17, 15) is 4.79 Å². The van der Waals surface area contributed by atoms with Crippen molar-refractivity contribution in [3.63, 3.8) is 0 Å². The van der Waals surface area contributed by atoms with Gasteiger partial charge in [0.15, 0.2) is 0 Å². The maximum absolute atomic E-state index is 11.4. The first-order chi connectivity index (χ1) is 8.68. The van der Waals surface area contributed by atoms with E-state index in [2.05, 4.69) is 20.4 Å². The maximum Gasteiger partial charge on any atom is 0.285 e. The molecule has 1 saturated heterocycles. The zero-order valence-electron chi connectivity index (χ0n) is 10.4. The fourth-order valence-corrected chi connectivity index (χ4v) is 2.22. The largest absolute Gasteiger partial charge is 0.371 e. The maximum atomic E-state index is 11.4. The predicted octanol–water partition coefficient (Wildman–Crippen LogP) is -0.235. The second-order valence-corrected chi connectivity index (χ2v) is 4.79. The van der Waals surface area contributed by atoms with E-state index in [-0.39, 0.29) is 10.6 Å². The molecule has 0 atom stereocenters. The molecule has 6 nitrogen and oxygen atoms in total. The third kappa shape index (κ3) is 3.22. The van der Waals surface area contributed by atoms with Gasteiger partial charge in [0.05, 0.1) is 11.9 Å². The van der Waals surface area contributed by atoms with Crippen LogP contribution in [-0.2, 0) is 0 Å². The van der Waals surface area contributed by atoms with Crippen molar-refractivity contribution in [1.29, 1.82) is 0 Å². The van der Waals surface area contributed by atoms with Crippen molar-refractivity contribution in [2.45, 2.75) is 0 Å². The molecule has 7 heteroatoms. The smallest absolute Gasteiger partial charge is 0.285 e. The highest BCUT2D eigenvalue weighted by Crippen LogP contribution is 2.18. The number of aromatic amines is 1. The van der Waals surface area contributed by atoms with Crippen LogP contribution in [-0.4, -0.2) is 61.4 Å². The van der Waals surface area contributed by atoms with Gasteiger partial charge in [0.25, 0.3) is 5.56 Å². The van der Waals surface area contributed by atoms with Gasteiger partial charge in [-0.2, -0.15) is 5.10 Å². The summed E-state index contributed by atoms with van der Waals surface area (Å²) in [4.78, 5) is 15.7. The van der Waals surface area contributed by atoms with E-state index in [1.165, 1.54) is 0 Å². The van der Waals surface area contributed by atoms with Gasteiger partial charge < -0.3 is 10.2 Å². The monoisotopic (exact) mass is 271 g/mol. The summed E-state index contributed by atoms with van der Waals surface area (Å²) in [7, 11) is 1.92. The third-order valence-corrected chi connectivity index (χ3v) is 3.51. The minimum atomic E-state index is -0.344. The normalized spacial score (nSPS) is 16.8. The molecule has 0 saturated carbocycles. The second kappa shape index (κ2) is 6.17. The van der Waals surface area contributed by atoms with Crippen molar-refractivity contribution in [2.75, 3.05) is 51.2 Å². The van der Waals surface area contributed by atoms with E-state index >= 15 is 0 Å². The SMILES string of the molecule is CN(CCN1CCNCC1)c1cn[nH]c(=O)c1Cl. The molecule has 2 N–H and O–H groups in total. The number of likely N-dealkylation sites (N-methyl/N-ethyl adjacent to an activating group) is 1. The van der Waals surface area contributed by atoms with E-state index in [1.54, 1.807) is 6.20 Å². The Bertz CT molecular complexity index is 443. The van der Waals surface area contributed by atoms with E-state index in [0.29, 0.717) is 5.69 Å². The Hall–Kier alpha value is -1.11. The topological polar surface area (TPSA) is 64.3 Å². The Morgan fingerprint density at radius 3 is 2.94 bits per heavy atom. The van der Waals surface area contributed by atoms with Gasteiger partial charge >= 0.3 is 0 Å². The molecule has 1 aliphatic heterocycles. The van der Waals surface area contributed by atoms with E-state index in [4.69, 9.17) is 11.6 Å². The van der Waals surface area contributed by atoms with Gasteiger partial charge in [-0.25, -0.2) is 5.10 Å². The van der Waals surface area contributed by atoms with Gasteiger partial charge in [-0.05, 0) is 0 Å². The first kappa shape index (κ1) is 13.3. The number of rotatable bonds is 4.